The maximum absolute atomic E-state index is 11.5. The van der Waals surface area contributed by atoms with Crippen LogP contribution in [0.4, 0.5) is 5.13 Å². The van der Waals surface area contributed by atoms with Gasteiger partial charge in [0.2, 0.25) is 11.0 Å². The van der Waals surface area contributed by atoms with Crippen LogP contribution in [0.3, 0.4) is 0 Å². The van der Waals surface area contributed by atoms with E-state index in [1.807, 2.05) is 0 Å². The minimum atomic E-state index is -1.08. The number of aromatic carboxylic acids is 1. The van der Waals surface area contributed by atoms with Gasteiger partial charge in [-0.25, -0.2) is 4.79 Å². The molecule has 2 aromatic heterocycles. The molecule has 0 saturated carbocycles. The molecule has 0 fully saturated rings. The van der Waals surface area contributed by atoms with Crippen LogP contribution in [-0.2, 0) is 11.3 Å². The molecule has 0 saturated heterocycles. The zero-order valence-corrected chi connectivity index (χ0v) is 9.22. The molecule has 2 heterocycles. The third-order valence-corrected chi connectivity index (χ3v) is 2.42. The monoisotopic (exact) mass is 253 g/mol. The van der Waals surface area contributed by atoms with Gasteiger partial charge >= 0.3 is 5.97 Å². The summed E-state index contributed by atoms with van der Waals surface area (Å²) in [4.78, 5) is 22.3. The van der Waals surface area contributed by atoms with Crippen molar-refractivity contribution < 1.29 is 14.7 Å². The van der Waals surface area contributed by atoms with Crippen molar-refractivity contribution in [2.24, 2.45) is 0 Å². The van der Waals surface area contributed by atoms with E-state index in [0.717, 1.165) is 11.5 Å². The first-order chi connectivity index (χ1) is 8.16. The molecule has 2 aromatic rings. The third-order valence-electron chi connectivity index (χ3n) is 1.91. The number of carboxylic acids is 1. The number of carboxylic acid groups (broad SMARTS) is 1. The largest absolute Gasteiger partial charge is 0.477 e. The molecule has 0 atom stereocenters. The molecule has 0 radical (unpaired) electrons. The van der Waals surface area contributed by atoms with E-state index in [9.17, 15) is 9.59 Å². The highest BCUT2D eigenvalue weighted by Gasteiger charge is 2.12. The van der Waals surface area contributed by atoms with E-state index in [1.54, 1.807) is 6.07 Å². The Morgan fingerprint density at radius 3 is 3.00 bits per heavy atom. The van der Waals surface area contributed by atoms with Crippen molar-refractivity contribution in [1.29, 1.82) is 0 Å². The van der Waals surface area contributed by atoms with Gasteiger partial charge in [-0.2, -0.15) is 0 Å². The molecule has 0 bridgehead atoms. The second-order valence-corrected chi connectivity index (χ2v) is 3.77. The van der Waals surface area contributed by atoms with Gasteiger partial charge in [0.1, 0.15) is 12.2 Å². The molecule has 2 rings (SSSR count). The Bertz CT molecular complexity index is 535. The van der Waals surface area contributed by atoms with Crippen molar-refractivity contribution in [3.05, 3.63) is 24.0 Å². The summed E-state index contributed by atoms with van der Waals surface area (Å²) < 4.78 is 4.81. The highest BCUT2D eigenvalue weighted by Crippen LogP contribution is 2.06. The topological polar surface area (TPSA) is 110 Å². The van der Waals surface area contributed by atoms with Gasteiger partial charge in [0.25, 0.3) is 0 Å². The fourth-order valence-corrected chi connectivity index (χ4v) is 1.62. The molecule has 2 N–H and O–H groups in total. The van der Waals surface area contributed by atoms with Crippen LogP contribution in [0.15, 0.2) is 18.3 Å². The van der Waals surface area contributed by atoms with Gasteiger partial charge in [0.05, 0.1) is 0 Å². The van der Waals surface area contributed by atoms with Crippen LogP contribution < -0.4 is 5.32 Å². The van der Waals surface area contributed by atoms with Crippen LogP contribution in [0.5, 0.6) is 0 Å². The second kappa shape index (κ2) is 4.70. The molecule has 88 valence electrons. The number of amides is 1. The van der Waals surface area contributed by atoms with Crippen LogP contribution in [0.25, 0.3) is 0 Å². The normalized spacial score (nSPS) is 10.1. The Hall–Kier alpha value is -2.29. The first-order valence-corrected chi connectivity index (χ1v) is 5.27. The molecule has 1 amide bonds. The highest BCUT2D eigenvalue weighted by molar-refractivity contribution is 7.09. The zero-order chi connectivity index (χ0) is 12.3. The number of carbonyl (C=O) groups excluding carboxylic acids is 1. The van der Waals surface area contributed by atoms with E-state index in [1.165, 1.54) is 16.8 Å². The van der Waals surface area contributed by atoms with Crippen molar-refractivity contribution >= 4 is 28.5 Å². The van der Waals surface area contributed by atoms with Gasteiger partial charge < -0.3 is 9.67 Å². The van der Waals surface area contributed by atoms with Crippen LogP contribution >= 0.6 is 11.5 Å². The minimum Gasteiger partial charge on any atom is -0.477 e. The van der Waals surface area contributed by atoms with Gasteiger partial charge in [-0.15, -0.1) is 0 Å². The summed E-state index contributed by atoms with van der Waals surface area (Å²) in [6.07, 6.45) is 1.52. The van der Waals surface area contributed by atoms with Crippen molar-refractivity contribution in [1.82, 2.24) is 19.4 Å². The van der Waals surface area contributed by atoms with Gasteiger partial charge in [-0.1, -0.05) is 9.59 Å². The molecule has 0 aromatic carbocycles. The first-order valence-electron chi connectivity index (χ1n) is 4.50. The summed E-state index contributed by atoms with van der Waals surface area (Å²) in [5.74, 6) is -1.47. The van der Waals surface area contributed by atoms with E-state index in [2.05, 4.69) is 20.1 Å². The molecular weight excluding hydrogens is 246 g/mol. The lowest BCUT2D eigenvalue weighted by Crippen LogP contribution is -2.20. The number of aromatic nitrogens is 4. The van der Waals surface area contributed by atoms with Gasteiger partial charge in [-0.05, 0) is 17.3 Å². The molecule has 0 unspecified atom stereocenters. The van der Waals surface area contributed by atoms with Crippen LogP contribution in [-0.4, -0.2) is 36.4 Å². The predicted molar refractivity (Wildman–Crippen MR) is 57.7 cm³/mol. The summed E-state index contributed by atoms with van der Waals surface area (Å²) in [6.45, 7) is -0.103. The first kappa shape index (κ1) is 11.2. The Morgan fingerprint density at radius 1 is 1.53 bits per heavy atom. The molecule has 17 heavy (non-hydrogen) atoms. The summed E-state index contributed by atoms with van der Waals surface area (Å²) in [5, 5.41) is 18.4. The molecule has 0 aliphatic rings. The maximum atomic E-state index is 11.5. The molecule has 0 aliphatic heterocycles. The van der Waals surface area contributed by atoms with E-state index < -0.39 is 5.97 Å². The number of anilines is 1. The maximum Gasteiger partial charge on any atom is 0.352 e. The molecule has 8 nitrogen and oxygen atoms in total. The number of rotatable bonds is 4. The lowest BCUT2D eigenvalue weighted by Gasteiger charge is -2.04. The van der Waals surface area contributed by atoms with E-state index in [-0.39, 0.29) is 23.3 Å². The minimum absolute atomic E-state index is 0.0514. The van der Waals surface area contributed by atoms with Gasteiger partial charge in [0.15, 0.2) is 0 Å². The zero-order valence-electron chi connectivity index (χ0n) is 8.40. The summed E-state index contributed by atoms with van der Waals surface area (Å²) in [6, 6.07) is 2.98. The molecule has 0 aliphatic carbocycles. The average molecular weight is 253 g/mol. The Kier molecular flexibility index (Phi) is 3.10. The number of hydrogen-bond donors (Lipinski definition) is 2. The molecular formula is C8H7N5O3S. The second-order valence-electron chi connectivity index (χ2n) is 3.04. The van der Waals surface area contributed by atoms with Crippen LogP contribution in [0, 0.1) is 0 Å². The van der Waals surface area contributed by atoms with Crippen molar-refractivity contribution in [2.45, 2.75) is 6.54 Å². The van der Waals surface area contributed by atoms with E-state index in [0.29, 0.717) is 0 Å². The summed E-state index contributed by atoms with van der Waals surface area (Å²) in [7, 11) is 0. The van der Waals surface area contributed by atoms with Gasteiger partial charge in [0, 0.05) is 17.7 Å². The lowest BCUT2D eigenvalue weighted by atomic mass is 10.4. The van der Waals surface area contributed by atoms with Crippen LogP contribution in [0.1, 0.15) is 10.5 Å². The number of carbonyl (C=O) groups is 2. The van der Waals surface area contributed by atoms with Crippen molar-refractivity contribution in [2.75, 3.05) is 5.32 Å². The molecule has 0 spiro atoms. The SMILES string of the molecule is O=C(Cn1cccc1C(=O)O)Nc1nnns1. The van der Waals surface area contributed by atoms with Crippen molar-refractivity contribution in [3.8, 4) is 0 Å². The average Bonchev–Trinajstić information content (AvgIpc) is 2.88. The Morgan fingerprint density at radius 2 is 2.35 bits per heavy atom. The Balaban J connectivity index is 2.03. The lowest BCUT2D eigenvalue weighted by molar-refractivity contribution is -0.116. The van der Waals surface area contributed by atoms with E-state index >= 15 is 0 Å². The fraction of sp³-hybridized carbons (Fsp3) is 0.125. The number of nitrogens with zero attached hydrogens (tertiary/aromatic N) is 4. The van der Waals surface area contributed by atoms with E-state index in [4.69, 9.17) is 5.11 Å². The number of hydrogen-bond acceptors (Lipinski definition) is 6. The number of nitrogens with one attached hydrogen (secondary N) is 1. The summed E-state index contributed by atoms with van der Waals surface area (Å²) >= 11 is 0.945. The smallest absolute Gasteiger partial charge is 0.352 e. The molecule has 9 heteroatoms. The van der Waals surface area contributed by atoms with Crippen LogP contribution in [0.2, 0.25) is 0 Å². The van der Waals surface area contributed by atoms with Gasteiger partial charge in [-0.3, -0.25) is 10.1 Å². The van der Waals surface area contributed by atoms with Crippen molar-refractivity contribution in [3.63, 3.8) is 0 Å². The highest BCUT2D eigenvalue weighted by atomic mass is 32.1. The Labute approximate surface area is 99.0 Å². The summed E-state index contributed by atoms with van der Waals surface area (Å²) in [5.41, 5.74) is 0.0514. The predicted octanol–water partition coefficient (Wildman–Crippen LogP) is 0.0715. The third kappa shape index (κ3) is 2.64. The quantitative estimate of drug-likeness (QED) is 0.797. The fourth-order valence-electron chi connectivity index (χ4n) is 1.24. The standard InChI is InChI=1S/C8H7N5O3S/c14-6(9-8-10-11-12-17-8)4-13-3-1-2-5(13)7(15)16/h1-3H,4H2,(H,15,16)(H,9,10,12,14).